The zero-order valence-electron chi connectivity index (χ0n) is 22.3. The van der Waals surface area contributed by atoms with E-state index in [1.807, 2.05) is 6.92 Å². The lowest BCUT2D eigenvalue weighted by molar-refractivity contribution is 0.103. The lowest BCUT2D eigenvalue weighted by atomic mass is 9.89. The maximum absolute atomic E-state index is 13.7. The van der Waals surface area contributed by atoms with E-state index in [4.69, 9.17) is 11.6 Å². The fraction of sp³-hybridized carbons (Fsp3) is 0.357. The van der Waals surface area contributed by atoms with E-state index in [9.17, 15) is 27.0 Å². The monoisotopic (exact) mass is 594 g/mol. The van der Waals surface area contributed by atoms with Gasteiger partial charge < -0.3 is 9.12 Å². The molecule has 0 radical (unpaired) electrons. The van der Waals surface area contributed by atoms with E-state index in [1.54, 1.807) is 39.2 Å². The van der Waals surface area contributed by atoms with Crippen LogP contribution in [0.3, 0.4) is 0 Å². The molecule has 0 saturated heterocycles. The van der Waals surface area contributed by atoms with Crippen LogP contribution in [0, 0.1) is 5.82 Å². The summed E-state index contributed by atoms with van der Waals surface area (Å²) >= 11 is 4.85. The molecule has 39 heavy (non-hydrogen) atoms. The van der Waals surface area contributed by atoms with E-state index < -0.39 is 38.8 Å². The van der Waals surface area contributed by atoms with Gasteiger partial charge in [-0.15, -0.1) is 4.72 Å². The molecule has 0 bridgehead atoms. The van der Waals surface area contributed by atoms with Crippen molar-refractivity contribution in [3.8, 4) is 11.1 Å². The first kappa shape index (κ1) is 31.0. The number of nitrogens with one attached hydrogen (secondary N) is 1. The van der Waals surface area contributed by atoms with Crippen LogP contribution in [0.1, 0.15) is 66.7 Å². The summed E-state index contributed by atoms with van der Waals surface area (Å²) in [4.78, 5) is 26.4. The number of aryl methyl sites for hydroxylation is 1. The number of ketones is 1. The molecule has 0 saturated carbocycles. The van der Waals surface area contributed by atoms with Gasteiger partial charge in [0, 0.05) is 53.1 Å². The van der Waals surface area contributed by atoms with Crippen molar-refractivity contribution in [2.45, 2.75) is 45.4 Å². The van der Waals surface area contributed by atoms with Crippen LogP contribution in [0.2, 0.25) is 5.02 Å². The van der Waals surface area contributed by atoms with Gasteiger partial charge in [-0.3, -0.25) is 9.59 Å². The Morgan fingerprint density at radius 2 is 1.82 bits per heavy atom. The van der Waals surface area contributed by atoms with Gasteiger partial charge in [-0.1, -0.05) is 44.0 Å². The number of benzene rings is 2. The molecule has 1 heterocycles. The third-order valence-corrected chi connectivity index (χ3v) is 9.58. The summed E-state index contributed by atoms with van der Waals surface area (Å²) in [7, 11) is -1.82. The van der Waals surface area contributed by atoms with Gasteiger partial charge >= 0.3 is 0 Å². The molecule has 3 rings (SSSR count). The van der Waals surface area contributed by atoms with Crippen LogP contribution < -0.4 is 10.3 Å². The van der Waals surface area contributed by atoms with Crippen molar-refractivity contribution >= 4 is 38.6 Å². The Labute approximate surface area is 236 Å². The molecule has 0 unspecified atom stereocenters. The third-order valence-electron chi connectivity index (χ3n) is 6.34. The van der Waals surface area contributed by atoms with Gasteiger partial charge in [0.1, 0.15) is 11.6 Å². The van der Waals surface area contributed by atoms with E-state index >= 15 is 0 Å². The van der Waals surface area contributed by atoms with Crippen molar-refractivity contribution in [2.75, 3.05) is 11.5 Å². The van der Waals surface area contributed by atoms with Crippen molar-refractivity contribution in [2.24, 2.45) is 7.05 Å². The van der Waals surface area contributed by atoms with Gasteiger partial charge in [-0.05, 0) is 54.3 Å². The van der Waals surface area contributed by atoms with Crippen LogP contribution in [0.4, 0.5) is 4.39 Å². The van der Waals surface area contributed by atoms with Gasteiger partial charge in [0.05, 0.1) is 16.8 Å². The molecule has 0 amide bonds. The van der Waals surface area contributed by atoms with Crippen LogP contribution in [-0.4, -0.2) is 34.8 Å². The molecule has 0 spiro atoms. The summed E-state index contributed by atoms with van der Waals surface area (Å²) in [6, 6.07) is 9.05. The number of hydrogen-bond acceptors (Lipinski definition) is 6. The Morgan fingerprint density at radius 1 is 1.13 bits per heavy atom. The van der Waals surface area contributed by atoms with Crippen LogP contribution in [0.25, 0.3) is 11.1 Å². The van der Waals surface area contributed by atoms with Crippen LogP contribution in [0.5, 0.6) is 0 Å². The molecule has 1 N–H and O–H groups in total. The number of carbonyl (C=O) groups excluding carboxylic acids is 1. The second-order valence-corrected chi connectivity index (χ2v) is 13.4. The Morgan fingerprint density at radius 3 is 2.46 bits per heavy atom. The predicted molar refractivity (Wildman–Crippen MR) is 155 cm³/mol. The van der Waals surface area contributed by atoms with Crippen molar-refractivity contribution in [1.82, 2.24) is 9.29 Å². The fourth-order valence-electron chi connectivity index (χ4n) is 4.10. The summed E-state index contributed by atoms with van der Waals surface area (Å²) in [5.74, 6) is -0.930. The molecule has 0 aliphatic carbocycles. The molecule has 1 aromatic heterocycles. The summed E-state index contributed by atoms with van der Waals surface area (Å²) < 4.78 is 55.5. The van der Waals surface area contributed by atoms with Crippen LogP contribution in [-0.2, 0) is 34.0 Å². The molecule has 3 aromatic rings. The Balaban J connectivity index is 2.24. The molecule has 7 nitrogen and oxygen atoms in total. The SMILES string of the molecule is CCCC[S@+]([O-])N[C@@H](C)c1cc(=O)n(C)cc1-c1cc(CS(=O)(=O)CC)ccc1C(=O)c1ccc(F)cc1Cl. The van der Waals surface area contributed by atoms with Crippen molar-refractivity contribution in [1.29, 1.82) is 0 Å². The maximum Gasteiger partial charge on any atom is 0.250 e. The first-order valence-corrected chi connectivity index (χ1v) is 16.1. The molecule has 210 valence electrons. The molecule has 0 fully saturated rings. The highest BCUT2D eigenvalue weighted by Crippen LogP contribution is 2.34. The van der Waals surface area contributed by atoms with Gasteiger partial charge in [0.25, 0.3) is 5.56 Å². The van der Waals surface area contributed by atoms with Crippen molar-refractivity contribution in [3.05, 3.63) is 92.1 Å². The van der Waals surface area contributed by atoms with Crippen LogP contribution in [0.15, 0.2) is 53.5 Å². The number of unbranched alkanes of at least 4 members (excludes halogenated alkanes) is 1. The van der Waals surface area contributed by atoms with Gasteiger partial charge in [0.2, 0.25) is 0 Å². The average Bonchev–Trinajstić information content (AvgIpc) is 2.88. The second-order valence-electron chi connectivity index (χ2n) is 9.34. The fourth-order valence-corrected chi connectivity index (χ4v) is 6.43. The minimum atomic E-state index is -3.39. The number of nitrogens with zero attached hydrogens (tertiary/aromatic N) is 1. The zero-order chi connectivity index (χ0) is 28.9. The van der Waals surface area contributed by atoms with E-state index in [-0.39, 0.29) is 33.2 Å². The molecule has 2 atom stereocenters. The van der Waals surface area contributed by atoms with Gasteiger partial charge in [-0.25, -0.2) is 12.8 Å². The highest BCUT2D eigenvalue weighted by molar-refractivity contribution is 7.90. The van der Waals surface area contributed by atoms with E-state index in [1.165, 1.54) is 22.8 Å². The topological polar surface area (TPSA) is 108 Å². The first-order valence-electron chi connectivity index (χ1n) is 12.5. The Kier molecular flexibility index (Phi) is 10.5. The number of rotatable bonds is 12. The molecule has 0 aliphatic rings. The summed E-state index contributed by atoms with van der Waals surface area (Å²) in [5.41, 5.74) is 1.79. The van der Waals surface area contributed by atoms with Gasteiger partial charge in [0.15, 0.2) is 15.6 Å². The zero-order valence-corrected chi connectivity index (χ0v) is 24.7. The normalized spacial score (nSPS) is 13.3. The maximum atomic E-state index is 13.7. The highest BCUT2D eigenvalue weighted by atomic mass is 35.5. The van der Waals surface area contributed by atoms with Crippen molar-refractivity contribution < 1.29 is 22.2 Å². The lowest BCUT2D eigenvalue weighted by Crippen LogP contribution is -2.30. The molecule has 0 aliphatic heterocycles. The number of sulfone groups is 1. The predicted octanol–water partition coefficient (Wildman–Crippen LogP) is 5.12. The molecular weight excluding hydrogens is 563 g/mol. The Bertz CT molecular complexity index is 1520. The largest absolute Gasteiger partial charge is 0.598 e. The molecular formula is C28H32ClFN2O5S2. The quantitative estimate of drug-likeness (QED) is 0.230. The minimum absolute atomic E-state index is 0.0518. The second kappa shape index (κ2) is 13.2. The smallest absolute Gasteiger partial charge is 0.250 e. The number of halogens is 2. The first-order chi connectivity index (χ1) is 18.4. The Hall–Kier alpha value is -2.50. The van der Waals surface area contributed by atoms with Gasteiger partial charge in [-0.2, -0.15) is 0 Å². The molecule has 2 aromatic carbocycles. The number of hydrogen-bond donors (Lipinski definition) is 1. The minimum Gasteiger partial charge on any atom is -0.598 e. The summed E-state index contributed by atoms with van der Waals surface area (Å²) in [6.45, 7) is 5.32. The third kappa shape index (κ3) is 7.79. The van der Waals surface area contributed by atoms with Crippen molar-refractivity contribution in [3.63, 3.8) is 0 Å². The van der Waals surface area contributed by atoms with E-state index in [2.05, 4.69) is 4.72 Å². The number of pyridine rings is 1. The lowest BCUT2D eigenvalue weighted by Gasteiger charge is -2.22. The number of carbonyl (C=O) groups is 1. The van der Waals surface area contributed by atoms with E-state index in [0.717, 1.165) is 25.0 Å². The summed E-state index contributed by atoms with van der Waals surface area (Å²) in [6.07, 6.45) is 3.21. The van der Waals surface area contributed by atoms with Crippen LogP contribution >= 0.6 is 11.6 Å². The summed E-state index contributed by atoms with van der Waals surface area (Å²) in [5, 5.41) is -0.0642. The number of aromatic nitrogens is 1. The van der Waals surface area contributed by atoms with E-state index in [0.29, 0.717) is 28.0 Å². The average molecular weight is 595 g/mol. The standard InChI is InChI=1S/C28H32ClFN2O5S2/c1-5-7-12-38(35)31-18(3)23-15-27(33)32(4)16-25(23)24-13-19(17-39(36,37)6-2)8-10-21(24)28(34)22-11-9-20(30)14-26(22)29/h8-11,13-16,18,31H,5-7,12,17H2,1-4H3/t18-,38-/m0/s1. The highest BCUT2D eigenvalue weighted by Gasteiger charge is 2.24. The molecule has 11 heteroatoms.